The third-order valence-corrected chi connectivity index (χ3v) is 6.77. The van der Waals surface area contributed by atoms with Gasteiger partial charge in [0.2, 0.25) is 15.9 Å². The highest BCUT2D eigenvalue weighted by Crippen LogP contribution is 2.30. The van der Waals surface area contributed by atoms with Crippen molar-refractivity contribution in [2.45, 2.75) is 25.8 Å². The quantitative estimate of drug-likeness (QED) is 0.658. The highest BCUT2D eigenvalue weighted by atomic mass is 35.5. The van der Waals surface area contributed by atoms with Gasteiger partial charge in [0.05, 0.1) is 23.0 Å². The number of hydrogen-bond acceptors (Lipinski definition) is 4. The van der Waals surface area contributed by atoms with Crippen molar-refractivity contribution >= 4 is 50.5 Å². The summed E-state index contributed by atoms with van der Waals surface area (Å²) in [5, 5.41) is 3.40. The summed E-state index contributed by atoms with van der Waals surface area (Å²) in [4.78, 5) is 15.0. The Morgan fingerprint density at radius 3 is 2.33 bits per heavy atom. The van der Waals surface area contributed by atoms with E-state index in [0.29, 0.717) is 5.02 Å². The second-order valence-electron chi connectivity index (χ2n) is 7.44. The zero-order chi connectivity index (χ0) is 21.9. The van der Waals surface area contributed by atoms with Crippen LogP contribution in [0.4, 0.5) is 11.4 Å². The maximum Gasteiger partial charge on any atom is 0.241 e. The number of benzene rings is 2. The summed E-state index contributed by atoms with van der Waals surface area (Å²) in [6.07, 6.45) is 3.46. The zero-order valence-corrected chi connectivity index (χ0v) is 19.3. The number of halogens is 2. The maximum absolute atomic E-state index is 12.6. The van der Waals surface area contributed by atoms with Crippen LogP contribution in [-0.4, -0.2) is 40.2 Å². The maximum atomic E-state index is 12.6. The first kappa shape index (κ1) is 22.7. The summed E-state index contributed by atoms with van der Waals surface area (Å²) >= 11 is 12.1. The Hall–Kier alpha value is -1.96. The molecule has 0 saturated carbocycles. The standard InChI is InChI=1S/C21H25Cl2N3O3S/c1-15(16-5-8-18(9-6-16)25-11-3-4-12-25)24-21(27)14-26(30(2,28)29)20-10-7-17(22)13-19(20)23/h5-10,13,15H,3-4,11-12,14H2,1-2H3,(H,24,27). The highest BCUT2D eigenvalue weighted by molar-refractivity contribution is 7.92. The topological polar surface area (TPSA) is 69.7 Å². The van der Waals surface area contributed by atoms with Crippen molar-refractivity contribution in [1.29, 1.82) is 0 Å². The number of hydrogen-bond donors (Lipinski definition) is 1. The first-order valence-corrected chi connectivity index (χ1v) is 12.3. The molecule has 1 amide bonds. The van der Waals surface area contributed by atoms with Crippen LogP contribution in [0.25, 0.3) is 0 Å². The van der Waals surface area contributed by atoms with Crippen molar-refractivity contribution in [3.8, 4) is 0 Å². The second-order valence-corrected chi connectivity index (χ2v) is 10.2. The lowest BCUT2D eigenvalue weighted by molar-refractivity contribution is -0.120. The molecule has 1 unspecified atom stereocenters. The summed E-state index contributed by atoms with van der Waals surface area (Å²) in [7, 11) is -3.72. The van der Waals surface area contributed by atoms with Gasteiger partial charge in [-0.3, -0.25) is 9.10 Å². The molecule has 1 fully saturated rings. The number of rotatable bonds is 7. The molecule has 1 N–H and O–H groups in total. The molecule has 1 saturated heterocycles. The van der Waals surface area contributed by atoms with Crippen molar-refractivity contribution in [2.24, 2.45) is 0 Å². The average molecular weight is 470 g/mol. The van der Waals surface area contributed by atoms with Gasteiger partial charge in [0, 0.05) is 23.8 Å². The Labute approximate surface area is 187 Å². The van der Waals surface area contributed by atoms with E-state index in [4.69, 9.17) is 23.2 Å². The van der Waals surface area contributed by atoms with Crippen molar-refractivity contribution in [3.05, 3.63) is 58.1 Å². The van der Waals surface area contributed by atoms with Crippen molar-refractivity contribution < 1.29 is 13.2 Å². The van der Waals surface area contributed by atoms with E-state index < -0.39 is 15.9 Å². The highest BCUT2D eigenvalue weighted by Gasteiger charge is 2.24. The molecular formula is C21H25Cl2N3O3S. The molecule has 3 rings (SSSR count). The van der Waals surface area contributed by atoms with Gasteiger partial charge in [-0.15, -0.1) is 0 Å². The molecule has 2 aromatic carbocycles. The van der Waals surface area contributed by atoms with Gasteiger partial charge in [0.1, 0.15) is 6.54 Å². The van der Waals surface area contributed by atoms with Gasteiger partial charge in [-0.05, 0) is 55.7 Å². The number of nitrogens with one attached hydrogen (secondary N) is 1. The Kier molecular flexibility index (Phi) is 7.16. The SMILES string of the molecule is CC(NC(=O)CN(c1ccc(Cl)cc1Cl)S(C)(=O)=O)c1ccc(N2CCCC2)cc1. The minimum absolute atomic E-state index is 0.159. The van der Waals surface area contributed by atoms with E-state index in [2.05, 4.69) is 22.3 Å². The van der Waals surface area contributed by atoms with E-state index in [0.717, 1.165) is 29.2 Å². The Balaban J connectivity index is 1.69. The largest absolute Gasteiger partial charge is 0.372 e. The van der Waals surface area contributed by atoms with E-state index in [9.17, 15) is 13.2 Å². The molecule has 0 aromatic heterocycles. The number of carbonyl (C=O) groups is 1. The van der Waals surface area contributed by atoms with Crippen LogP contribution >= 0.6 is 23.2 Å². The smallest absolute Gasteiger partial charge is 0.241 e. The third kappa shape index (κ3) is 5.59. The van der Waals surface area contributed by atoms with Gasteiger partial charge in [0.25, 0.3) is 0 Å². The van der Waals surface area contributed by atoms with Gasteiger partial charge in [-0.2, -0.15) is 0 Å². The molecule has 1 aliphatic rings. The fraction of sp³-hybridized carbons (Fsp3) is 0.381. The molecule has 1 aliphatic heterocycles. The van der Waals surface area contributed by atoms with Crippen LogP contribution in [0.2, 0.25) is 10.0 Å². The van der Waals surface area contributed by atoms with Crippen LogP contribution in [0.1, 0.15) is 31.4 Å². The lowest BCUT2D eigenvalue weighted by Crippen LogP contribution is -2.41. The van der Waals surface area contributed by atoms with Crippen LogP contribution in [0.15, 0.2) is 42.5 Å². The molecule has 0 bridgehead atoms. The third-order valence-electron chi connectivity index (χ3n) is 5.11. The molecule has 1 atom stereocenters. The average Bonchev–Trinajstić information content (AvgIpc) is 3.21. The minimum atomic E-state index is -3.72. The van der Waals surface area contributed by atoms with Crippen LogP contribution < -0.4 is 14.5 Å². The van der Waals surface area contributed by atoms with Crippen LogP contribution in [-0.2, 0) is 14.8 Å². The molecule has 162 valence electrons. The fourth-order valence-electron chi connectivity index (χ4n) is 3.51. The van der Waals surface area contributed by atoms with E-state index in [1.807, 2.05) is 19.1 Å². The van der Waals surface area contributed by atoms with Gasteiger partial charge >= 0.3 is 0 Å². The predicted molar refractivity (Wildman–Crippen MR) is 123 cm³/mol. The summed E-state index contributed by atoms with van der Waals surface area (Å²) in [5.41, 5.74) is 2.33. The molecule has 0 radical (unpaired) electrons. The first-order chi connectivity index (χ1) is 14.1. The normalized spacial score (nSPS) is 15.1. The predicted octanol–water partition coefficient (Wildman–Crippen LogP) is 4.24. The molecule has 2 aromatic rings. The molecule has 0 aliphatic carbocycles. The van der Waals surface area contributed by atoms with Crippen LogP contribution in [0.3, 0.4) is 0 Å². The van der Waals surface area contributed by atoms with E-state index in [-0.39, 0.29) is 23.3 Å². The van der Waals surface area contributed by atoms with Crippen LogP contribution in [0, 0.1) is 0 Å². The number of sulfonamides is 1. The van der Waals surface area contributed by atoms with Crippen molar-refractivity contribution in [2.75, 3.05) is 35.1 Å². The molecule has 9 heteroatoms. The monoisotopic (exact) mass is 469 g/mol. The Bertz CT molecular complexity index is 1010. The number of anilines is 2. The lowest BCUT2D eigenvalue weighted by atomic mass is 10.1. The Morgan fingerprint density at radius 1 is 1.13 bits per heavy atom. The summed E-state index contributed by atoms with van der Waals surface area (Å²) < 4.78 is 25.5. The summed E-state index contributed by atoms with van der Waals surface area (Å²) in [5.74, 6) is -0.428. The molecular weight excluding hydrogens is 445 g/mol. The zero-order valence-electron chi connectivity index (χ0n) is 16.9. The first-order valence-electron chi connectivity index (χ1n) is 9.72. The van der Waals surface area contributed by atoms with Gasteiger partial charge < -0.3 is 10.2 Å². The van der Waals surface area contributed by atoms with E-state index in [1.165, 1.54) is 36.7 Å². The molecule has 0 spiro atoms. The van der Waals surface area contributed by atoms with Gasteiger partial charge in [-0.25, -0.2) is 8.42 Å². The van der Waals surface area contributed by atoms with E-state index in [1.54, 1.807) is 0 Å². The Morgan fingerprint density at radius 2 is 1.77 bits per heavy atom. The van der Waals surface area contributed by atoms with Crippen LogP contribution in [0.5, 0.6) is 0 Å². The van der Waals surface area contributed by atoms with Crippen molar-refractivity contribution in [3.63, 3.8) is 0 Å². The fourth-order valence-corrected chi connectivity index (χ4v) is 4.94. The second kappa shape index (κ2) is 9.45. The molecule has 1 heterocycles. The number of carbonyl (C=O) groups excluding carboxylic acids is 1. The van der Waals surface area contributed by atoms with Gasteiger partial charge in [0.15, 0.2) is 0 Å². The van der Waals surface area contributed by atoms with Gasteiger partial charge in [-0.1, -0.05) is 35.3 Å². The van der Waals surface area contributed by atoms with Crippen molar-refractivity contribution in [1.82, 2.24) is 5.32 Å². The molecule has 30 heavy (non-hydrogen) atoms. The summed E-state index contributed by atoms with van der Waals surface area (Å²) in [6.45, 7) is 3.62. The van der Waals surface area contributed by atoms with E-state index >= 15 is 0 Å². The number of nitrogens with zero attached hydrogens (tertiary/aromatic N) is 2. The minimum Gasteiger partial charge on any atom is -0.372 e. The lowest BCUT2D eigenvalue weighted by Gasteiger charge is -2.24. The number of amides is 1. The molecule has 6 nitrogen and oxygen atoms in total. The summed E-state index contributed by atoms with van der Waals surface area (Å²) in [6, 6.07) is 12.3.